The van der Waals surface area contributed by atoms with Crippen molar-refractivity contribution in [2.24, 2.45) is 0 Å². The molecule has 0 amide bonds. The summed E-state index contributed by atoms with van der Waals surface area (Å²) in [6.07, 6.45) is 3.24. The number of nitrogens with one attached hydrogen (secondary N) is 3. The fourth-order valence-electron chi connectivity index (χ4n) is 0.432. The summed E-state index contributed by atoms with van der Waals surface area (Å²) in [5.74, 6) is -0.268. The highest BCUT2D eigenvalue weighted by Gasteiger charge is 2.00. The van der Waals surface area contributed by atoms with Gasteiger partial charge in [-0.2, -0.15) is 0 Å². The first-order valence-electron chi connectivity index (χ1n) is 4.87. The van der Waals surface area contributed by atoms with Gasteiger partial charge < -0.3 is 4.74 Å². The summed E-state index contributed by atoms with van der Waals surface area (Å²) >= 11 is 0. The lowest BCUT2D eigenvalue weighted by atomic mass is 10.4. The zero-order valence-electron chi connectivity index (χ0n) is 10.9. The molecule has 0 spiro atoms. The van der Waals surface area contributed by atoms with Crippen LogP contribution in [0.5, 0.6) is 0 Å². The van der Waals surface area contributed by atoms with E-state index in [1.807, 2.05) is 0 Å². The first-order valence-corrected chi connectivity index (χ1v) is 6.28. The van der Waals surface area contributed by atoms with Gasteiger partial charge in [0, 0.05) is 15.8 Å². The third kappa shape index (κ3) is 66.4. The van der Waals surface area contributed by atoms with Gasteiger partial charge in [0.05, 0.1) is 6.61 Å². The van der Waals surface area contributed by atoms with Crippen molar-refractivity contribution in [2.75, 3.05) is 6.61 Å². The summed E-state index contributed by atoms with van der Waals surface area (Å²) < 4.78 is 4.83. The molecule has 0 aromatic carbocycles. The van der Waals surface area contributed by atoms with Gasteiger partial charge in [0.2, 0.25) is 18.2 Å². The van der Waals surface area contributed by atoms with Gasteiger partial charge in [-0.3, -0.25) is 0 Å². The van der Waals surface area contributed by atoms with Gasteiger partial charge in [-0.1, -0.05) is 12.6 Å². The van der Waals surface area contributed by atoms with Gasteiger partial charge in [-0.25, -0.2) is 35.4 Å². The number of carbonyl (C=O) groups is 1. The summed E-state index contributed by atoms with van der Waals surface area (Å²) in [6.45, 7) is 5.67. The molecule has 0 aliphatic rings. The minimum Gasteiger partial charge on any atom is -0.462 e. The Hall–Kier alpha value is -2.43. The largest absolute Gasteiger partial charge is 0.462 e. The van der Waals surface area contributed by atoms with E-state index >= 15 is 0 Å². The van der Waals surface area contributed by atoms with Crippen molar-refractivity contribution in [3.05, 3.63) is 12.2 Å². The van der Waals surface area contributed by atoms with Crippen molar-refractivity contribution in [3.8, 4) is 0 Å². The maximum atomic E-state index is 10.7. The lowest BCUT2D eigenvalue weighted by Crippen LogP contribution is -2.05. The topological polar surface area (TPSA) is 149 Å². The molecule has 106 valence electrons. The smallest absolute Gasteiger partial charge is 0.333 e. The molecule has 0 aliphatic carbocycles. The third-order valence-electron chi connectivity index (χ3n) is 1.08. The van der Waals surface area contributed by atoms with Crippen LogP contribution >= 0.6 is 0 Å². The molecule has 0 bridgehead atoms. The van der Waals surface area contributed by atoms with Crippen LogP contribution in [0.25, 0.3) is 0 Å². The number of hydrogen-bond acceptors (Lipinski definition) is 8. The second-order valence-electron chi connectivity index (χ2n) is 2.58. The quantitative estimate of drug-likeness (QED) is 0.166. The van der Waals surface area contributed by atoms with Crippen molar-refractivity contribution in [2.45, 2.75) is 19.4 Å². The molecule has 0 heterocycles. The molecule has 0 saturated heterocycles. The van der Waals surface area contributed by atoms with Gasteiger partial charge in [-0.15, -0.1) is 0 Å². The molecule has 3 N–H and O–H groups in total. The zero-order valence-corrected chi connectivity index (χ0v) is 12.9. The van der Waals surface area contributed by atoms with Crippen molar-refractivity contribution in [3.63, 3.8) is 0 Å². The van der Waals surface area contributed by atoms with Gasteiger partial charge in [0.25, 0.3) is 0 Å². The fourth-order valence-corrected chi connectivity index (χ4v) is 0.721. The molecular formula is C10H17N3O5Si. The number of isocyanates is 3. The Bertz CT molecular complexity index is 311. The van der Waals surface area contributed by atoms with Crippen LogP contribution in [-0.2, 0) is 23.9 Å². The summed E-state index contributed by atoms with van der Waals surface area (Å²) in [6, 6.07) is 1.18. The summed E-state index contributed by atoms with van der Waals surface area (Å²) in [5.41, 5.74) is 0.480. The summed E-state index contributed by atoms with van der Waals surface area (Å²) in [7, 11) is 1.18. The highest BCUT2D eigenvalue weighted by molar-refractivity contribution is 6.08. The highest BCUT2D eigenvalue weighted by Crippen LogP contribution is 1.93. The van der Waals surface area contributed by atoms with Crippen molar-refractivity contribution < 1.29 is 23.9 Å². The summed E-state index contributed by atoms with van der Waals surface area (Å²) in [5, 5.41) is 16.2. The maximum Gasteiger partial charge on any atom is 0.333 e. The number of ether oxygens (including phenoxy) is 1. The van der Waals surface area contributed by atoms with Crippen LogP contribution in [0.4, 0.5) is 0 Å². The molecule has 0 unspecified atom stereocenters. The van der Waals surface area contributed by atoms with E-state index in [9.17, 15) is 4.79 Å². The molecule has 0 saturated carbocycles. The Balaban J connectivity index is -0.000000103. The molecule has 8 nitrogen and oxygen atoms in total. The van der Waals surface area contributed by atoms with Gasteiger partial charge in [0.15, 0.2) is 0 Å². The predicted octanol–water partition coefficient (Wildman–Crippen LogP) is -0.0176. The van der Waals surface area contributed by atoms with E-state index in [0.717, 1.165) is 24.7 Å². The lowest BCUT2D eigenvalue weighted by Gasteiger charge is -2.01. The van der Waals surface area contributed by atoms with E-state index in [4.69, 9.17) is 35.3 Å². The normalized spacial score (nSPS) is 6.16. The van der Waals surface area contributed by atoms with Crippen LogP contribution in [0.2, 0.25) is 6.04 Å². The van der Waals surface area contributed by atoms with Gasteiger partial charge in [-0.05, 0) is 13.3 Å². The van der Waals surface area contributed by atoms with E-state index in [1.165, 1.54) is 16.3 Å². The van der Waals surface area contributed by atoms with E-state index in [-0.39, 0.29) is 5.97 Å². The van der Waals surface area contributed by atoms with Crippen LogP contribution in [0.3, 0.4) is 0 Å². The van der Waals surface area contributed by atoms with Crippen LogP contribution in [0.15, 0.2) is 12.2 Å². The van der Waals surface area contributed by atoms with Crippen LogP contribution in [-0.4, -0.2) is 41.1 Å². The van der Waals surface area contributed by atoms with Crippen LogP contribution in [0.1, 0.15) is 13.3 Å². The molecule has 0 fully saturated rings. The molecule has 0 radical (unpaired) electrons. The van der Waals surface area contributed by atoms with Crippen LogP contribution in [0, 0.1) is 16.2 Å². The molecule has 0 aromatic heterocycles. The Morgan fingerprint density at radius 1 is 1.16 bits per heavy atom. The maximum absolute atomic E-state index is 10.7. The minimum atomic E-state index is -0.268. The van der Waals surface area contributed by atoms with E-state index in [0.29, 0.717) is 12.2 Å². The molecule has 0 aliphatic heterocycles. The Labute approximate surface area is 113 Å². The number of esters is 1. The Kier molecular flexibility index (Phi) is 39.6. The predicted molar refractivity (Wildman–Crippen MR) is 70.4 cm³/mol. The van der Waals surface area contributed by atoms with Crippen molar-refractivity contribution in [1.29, 1.82) is 16.2 Å². The number of hydrogen-bond donors (Lipinski definition) is 3. The Morgan fingerprint density at radius 2 is 1.47 bits per heavy atom. The monoisotopic (exact) mass is 287 g/mol. The average molecular weight is 287 g/mol. The first kappa shape index (κ1) is 25.4. The number of rotatable bonds is 4. The zero-order chi connectivity index (χ0) is 16.1. The SMILES string of the molecule is C=C(C)C(=O)OCCC[SiH3].N=C=O.N=C=O.N=C=O. The highest BCUT2D eigenvalue weighted by atomic mass is 28.1. The molecular weight excluding hydrogens is 270 g/mol. The van der Waals surface area contributed by atoms with E-state index in [2.05, 4.69) is 6.58 Å². The standard InChI is InChI=1S/C7H14O2Si.3CHNO/c1-6(2)7(8)9-4-3-5-10;3*2-1-3/h1,3-5H2,2,10H3;3*2H. The van der Waals surface area contributed by atoms with E-state index in [1.54, 1.807) is 6.92 Å². The van der Waals surface area contributed by atoms with Crippen molar-refractivity contribution in [1.82, 2.24) is 0 Å². The number of carbonyl (C=O) groups excluding carboxylic acids is 4. The van der Waals surface area contributed by atoms with Gasteiger partial charge >= 0.3 is 5.97 Å². The van der Waals surface area contributed by atoms with E-state index < -0.39 is 0 Å². The Morgan fingerprint density at radius 3 is 1.68 bits per heavy atom. The summed E-state index contributed by atoms with van der Waals surface area (Å²) in [4.78, 5) is 35.7. The average Bonchev–Trinajstić information content (AvgIpc) is 2.32. The first-order chi connectivity index (χ1) is 8.92. The molecule has 9 heteroatoms. The van der Waals surface area contributed by atoms with Crippen LogP contribution < -0.4 is 0 Å². The second-order valence-corrected chi connectivity index (χ2v) is 3.58. The third-order valence-corrected chi connectivity index (χ3v) is 1.79. The molecule has 0 rings (SSSR count). The van der Waals surface area contributed by atoms with Crippen molar-refractivity contribution >= 4 is 34.5 Å². The molecule has 19 heavy (non-hydrogen) atoms. The minimum absolute atomic E-state index is 0.268. The lowest BCUT2D eigenvalue weighted by molar-refractivity contribution is -0.138. The second kappa shape index (κ2) is 29.6. The fraction of sp³-hybridized carbons (Fsp3) is 0.400. The molecule has 0 atom stereocenters. The molecule has 0 aromatic rings. The van der Waals surface area contributed by atoms with Gasteiger partial charge in [0.1, 0.15) is 0 Å².